The minimum absolute atomic E-state index is 0.860. The van der Waals surface area contributed by atoms with Crippen molar-refractivity contribution in [1.29, 1.82) is 0 Å². The zero-order valence-electron chi connectivity index (χ0n) is 13.2. The fourth-order valence-corrected chi connectivity index (χ4v) is 3.60. The molecule has 114 valence electrons. The van der Waals surface area contributed by atoms with Gasteiger partial charge in [-0.1, -0.05) is 66.7 Å². The molecule has 0 atom stereocenters. The highest BCUT2D eigenvalue weighted by molar-refractivity contribution is 6.16. The van der Waals surface area contributed by atoms with Gasteiger partial charge in [-0.2, -0.15) is 0 Å². The summed E-state index contributed by atoms with van der Waals surface area (Å²) in [6.45, 7) is 0.860. The maximum absolute atomic E-state index is 4.67. The van der Waals surface area contributed by atoms with Crippen molar-refractivity contribution in [2.45, 2.75) is 6.54 Å². The van der Waals surface area contributed by atoms with Crippen LogP contribution in [0.1, 0.15) is 5.56 Å². The van der Waals surface area contributed by atoms with Gasteiger partial charge in [0.05, 0.1) is 11.0 Å². The number of fused-ring (bicyclic) bond motifs is 5. The van der Waals surface area contributed by atoms with Crippen LogP contribution in [0.5, 0.6) is 0 Å². The molecule has 5 aromatic rings. The van der Waals surface area contributed by atoms with Gasteiger partial charge in [0.15, 0.2) is 0 Å². The Kier molecular flexibility index (Phi) is 2.89. The minimum Gasteiger partial charge on any atom is -0.335 e. The van der Waals surface area contributed by atoms with Crippen molar-refractivity contribution >= 4 is 32.7 Å². The summed E-state index contributed by atoms with van der Waals surface area (Å²) in [4.78, 5) is 4.67. The number of aromatic nitrogens is 2. The number of pyridine rings is 1. The number of para-hydroxylation sites is 2. The Bertz CT molecular complexity index is 1170. The second-order valence-electron chi connectivity index (χ2n) is 6.13. The van der Waals surface area contributed by atoms with Crippen molar-refractivity contribution in [2.75, 3.05) is 0 Å². The summed E-state index contributed by atoms with van der Waals surface area (Å²) in [6.07, 6.45) is 2.02. The first-order valence-corrected chi connectivity index (χ1v) is 8.20. The zero-order chi connectivity index (χ0) is 15.9. The number of hydrogen-bond acceptors (Lipinski definition) is 1. The summed E-state index contributed by atoms with van der Waals surface area (Å²) in [5.74, 6) is 0. The van der Waals surface area contributed by atoms with Crippen LogP contribution in [0.4, 0.5) is 0 Å². The van der Waals surface area contributed by atoms with E-state index >= 15 is 0 Å². The molecule has 3 aromatic carbocycles. The van der Waals surface area contributed by atoms with Gasteiger partial charge in [0.25, 0.3) is 0 Å². The molecule has 0 spiro atoms. The molecule has 0 bridgehead atoms. The highest BCUT2D eigenvalue weighted by atomic mass is 15.0. The normalized spacial score (nSPS) is 11.5. The van der Waals surface area contributed by atoms with Crippen molar-refractivity contribution < 1.29 is 0 Å². The van der Waals surface area contributed by atoms with Gasteiger partial charge in [0.2, 0.25) is 0 Å². The smallest absolute Gasteiger partial charge is 0.0723 e. The van der Waals surface area contributed by atoms with Gasteiger partial charge in [-0.05, 0) is 17.7 Å². The summed E-state index contributed by atoms with van der Waals surface area (Å²) in [7, 11) is 0. The monoisotopic (exact) mass is 308 g/mol. The maximum atomic E-state index is 4.67. The van der Waals surface area contributed by atoms with Crippen LogP contribution in [0.3, 0.4) is 0 Å². The molecular weight excluding hydrogens is 292 g/mol. The average Bonchev–Trinajstić information content (AvgIpc) is 2.97. The molecule has 0 saturated heterocycles. The fourth-order valence-electron chi connectivity index (χ4n) is 3.60. The van der Waals surface area contributed by atoms with E-state index in [2.05, 4.69) is 82.3 Å². The highest BCUT2D eigenvalue weighted by Gasteiger charge is 2.13. The number of rotatable bonds is 2. The molecule has 0 unspecified atom stereocenters. The Morgan fingerprint density at radius 2 is 1.38 bits per heavy atom. The zero-order valence-corrected chi connectivity index (χ0v) is 13.2. The van der Waals surface area contributed by atoms with Crippen molar-refractivity contribution in [3.05, 3.63) is 90.6 Å². The predicted octanol–water partition coefficient (Wildman–Crippen LogP) is 5.39. The summed E-state index contributed by atoms with van der Waals surface area (Å²) >= 11 is 0. The van der Waals surface area contributed by atoms with Crippen molar-refractivity contribution in [3.8, 4) is 0 Å². The number of hydrogen-bond donors (Lipinski definition) is 0. The van der Waals surface area contributed by atoms with Gasteiger partial charge in [0, 0.05) is 34.4 Å². The van der Waals surface area contributed by atoms with Gasteiger partial charge in [-0.3, -0.25) is 4.98 Å². The molecule has 5 rings (SSSR count). The van der Waals surface area contributed by atoms with E-state index in [9.17, 15) is 0 Å². The standard InChI is InChI=1S/C22H16N2/c1-2-8-16(9-3-1)15-24-21-13-7-5-10-17(21)19-14-23-20-12-6-4-11-18(20)22(19)24/h1-14H,15H2. The number of nitrogens with zero attached hydrogens (tertiary/aromatic N) is 2. The third-order valence-corrected chi connectivity index (χ3v) is 4.69. The molecular formula is C22H16N2. The first-order chi connectivity index (χ1) is 11.9. The lowest BCUT2D eigenvalue weighted by Gasteiger charge is -2.09. The number of benzene rings is 3. The van der Waals surface area contributed by atoms with E-state index in [1.54, 1.807) is 0 Å². The molecule has 0 N–H and O–H groups in total. The van der Waals surface area contributed by atoms with Crippen LogP contribution < -0.4 is 0 Å². The predicted molar refractivity (Wildman–Crippen MR) is 100 cm³/mol. The van der Waals surface area contributed by atoms with Crippen LogP contribution in [-0.4, -0.2) is 9.55 Å². The summed E-state index contributed by atoms with van der Waals surface area (Å²) in [5, 5.41) is 3.70. The molecule has 0 aliphatic heterocycles. The van der Waals surface area contributed by atoms with Crippen LogP contribution in [0.25, 0.3) is 32.7 Å². The highest BCUT2D eigenvalue weighted by Crippen LogP contribution is 2.33. The Hall–Kier alpha value is -3.13. The van der Waals surface area contributed by atoms with Gasteiger partial charge < -0.3 is 4.57 Å². The minimum atomic E-state index is 0.860. The molecule has 0 amide bonds. The molecule has 0 fully saturated rings. The topological polar surface area (TPSA) is 17.8 Å². The maximum Gasteiger partial charge on any atom is 0.0723 e. The van der Waals surface area contributed by atoms with Crippen molar-refractivity contribution in [3.63, 3.8) is 0 Å². The molecule has 0 aliphatic carbocycles. The summed E-state index contributed by atoms with van der Waals surface area (Å²) in [5.41, 5.74) is 4.88. The Morgan fingerprint density at radius 1 is 0.667 bits per heavy atom. The first-order valence-electron chi connectivity index (χ1n) is 8.20. The van der Waals surface area contributed by atoms with E-state index in [-0.39, 0.29) is 0 Å². The van der Waals surface area contributed by atoms with Crippen LogP contribution in [-0.2, 0) is 6.54 Å². The largest absolute Gasteiger partial charge is 0.335 e. The van der Waals surface area contributed by atoms with Crippen molar-refractivity contribution in [2.24, 2.45) is 0 Å². The fraction of sp³-hybridized carbons (Fsp3) is 0.0455. The van der Waals surface area contributed by atoms with Crippen LogP contribution >= 0.6 is 0 Å². The first kappa shape index (κ1) is 13.3. The molecule has 2 nitrogen and oxygen atoms in total. The molecule has 24 heavy (non-hydrogen) atoms. The quantitative estimate of drug-likeness (QED) is 0.427. The Balaban J connectivity index is 1.92. The Labute approximate surface area is 140 Å². The van der Waals surface area contributed by atoms with E-state index in [4.69, 9.17) is 0 Å². The van der Waals surface area contributed by atoms with E-state index in [1.165, 1.54) is 32.8 Å². The molecule has 2 heterocycles. The molecule has 0 saturated carbocycles. The van der Waals surface area contributed by atoms with Crippen LogP contribution in [0, 0.1) is 0 Å². The Morgan fingerprint density at radius 3 is 2.25 bits per heavy atom. The SMILES string of the molecule is c1ccc(Cn2c3ccccc3c3cnc4ccccc4c32)cc1. The van der Waals surface area contributed by atoms with E-state index in [0.717, 1.165) is 12.1 Å². The molecule has 2 heteroatoms. The third-order valence-electron chi connectivity index (χ3n) is 4.69. The second-order valence-corrected chi connectivity index (χ2v) is 6.13. The van der Waals surface area contributed by atoms with Gasteiger partial charge in [0.1, 0.15) is 0 Å². The molecule has 2 aromatic heterocycles. The average molecular weight is 308 g/mol. The lowest BCUT2D eigenvalue weighted by Crippen LogP contribution is -1.99. The van der Waals surface area contributed by atoms with Crippen molar-refractivity contribution in [1.82, 2.24) is 9.55 Å². The van der Waals surface area contributed by atoms with Gasteiger partial charge in [-0.25, -0.2) is 0 Å². The third kappa shape index (κ3) is 1.93. The molecule has 0 radical (unpaired) electrons. The lowest BCUT2D eigenvalue weighted by molar-refractivity contribution is 0.871. The van der Waals surface area contributed by atoms with E-state index in [1.807, 2.05) is 12.3 Å². The van der Waals surface area contributed by atoms with Gasteiger partial charge >= 0.3 is 0 Å². The lowest BCUT2D eigenvalue weighted by atomic mass is 10.1. The second kappa shape index (κ2) is 5.20. The summed E-state index contributed by atoms with van der Waals surface area (Å²) < 4.78 is 2.42. The van der Waals surface area contributed by atoms with Crippen LogP contribution in [0.2, 0.25) is 0 Å². The van der Waals surface area contributed by atoms with E-state index < -0.39 is 0 Å². The summed E-state index contributed by atoms with van der Waals surface area (Å²) in [6, 6.07) is 27.6. The van der Waals surface area contributed by atoms with Gasteiger partial charge in [-0.15, -0.1) is 0 Å². The van der Waals surface area contributed by atoms with E-state index in [0.29, 0.717) is 0 Å². The van der Waals surface area contributed by atoms with Crippen LogP contribution in [0.15, 0.2) is 85.1 Å². The molecule has 0 aliphatic rings.